The van der Waals surface area contributed by atoms with Gasteiger partial charge in [-0.25, -0.2) is 0 Å². The van der Waals surface area contributed by atoms with Crippen molar-refractivity contribution >= 4 is 0 Å². The van der Waals surface area contributed by atoms with Gasteiger partial charge in [-0.05, 0) is 92.3 Å². The number of aliphatic hydroxyl groups excluding tert-OH is 2. The van der Waals surface area contributed by atoms with Gasteiger partial charge in [0.05, 0.1) is 12.2 Å². The second-order valence-electron chi connectivity index (χ2n) is 12.6. The van der Waals surface area contributed by atoms with Gasteiger partial charge in [0.25, 0.3) is 0 Å². The maximum Gasteiger partial charge on any atom is 0.0568 e. The molecule has 0 bridgehead atoms. The van der Waals surface area contributed by atoms with Crippen LogP contribution in [0.2, 0.25) is 0 Å². The molecular formula is C28H54O2. The van der Waals surface area contributed by atoms with Gasteiger partial charge in [0.15, 0.2) is 0 Å². The van der Waals surface area contributed by atoms with Crippen molar-refractivity contribution in [3.63, 3.8) is 0 Å². The summed E-state index contributed by atoms with van der Waals surface area (Å²) in [7, 11) is 0. The molecule has 4 unspecified atom stereocenters. The summed E-state index contributed by atoms with van der Waals surface area (Å²) in [6.07, 6.45) is 15.4. The summed E-state index contributed by atoms with van der Waals surface area (Å²) >= 11 is 0. The predicted molar refractivity (Wildman–Crippen MR) is 129 cm³/mol. The van der Waals surface area contributed by atoms with Crippen LogP contribution in [0.1, 0.15) is 125 Å². The maximum absolute atomic E-state index is 10.9. The molecule has 0 spiro atoms. The highest BCUT2D eigenvalue weighted by molar-refractivity contribution is 4.82. The molecule has 2 aliphatic carbocycles. The zero-order valence-corrected chi connectivity index (χ0v) is 21.2. The van der Waals surface area contributed by atoms with Gasteiger partial charge >= 0.3 is 0 Å². The normalized spacial score (nSPS) is 31.5. The lowest BCUT2D eigenvalue weighted by molar-refractivity contribution is 0.0454. The fourth-order valence-electron chi connectivity index (χ4n) is 6.43. The largest absolute Gasteiger partial charge is 0.393 e. The fraction of sp³-hybridized carbons (Fsp3) is 1.00. The Kier molecular flexibility index (Phi) is 10.7. The molecule has 0 aromatic rings. The summed E-state index contributed by atoms with van der Waals surface area (Å²) in [5.41, 5.74) is 0.203. The molecule has 0 aromatic carbocycles. The van der Waals surface area contributed by atoms with Gasteiger partial charge in [0.1, 0.15) is 0 Å². The van der Waals surface area contributed by atoms with Gasteiger partial charge in [-0.2, -0.15) is 0 Å². The molecule has 2 fully saturated rings. The highest BCUT2D eigenvalue weighted by Crippen LogP contribution is 2.40. The van der Waals surface area contributed by atoms with Crippen molar-refractivity contribution in [1.29, 1.82) is 0 Å². The Balaban J connectivity index is 1.71. The number of rotatable bonds is 11. The second-order valence-corrected chi connectivity index (χ2v) is 12.6. The molecule has 2 rings (SSSR count). The van der Waals surface area contributed by atoms with E-state index in [0.29, 0.717) is 11.8 Å². The van der Waals surface area contributed by atoms with Crippen LogP contribution in [-0.2, 0) is 0 Å². The van der Waals surface area contributed by atoms with Gasteiger partial charge in [0, 0.05) is 0 Å². The first kappa shape index (κ1) is 26.2. The zero-order chi connectivity index (χ0) is 22.3. The van der Waals surface area contributed by atoms with Crippen LogP contribution in [0.25, 0.3) is 0 Å². The van der Waals surface area contributed by atoms with Crippen molar-refractivity contribution < 1.29 is 10.2 Å². The van der Waals surface area contributed by atoms with E-state index in [1.165, 1.54) is 57.8 Å². The molecular weight excluding hydrogens is 368 g/mol. The number of hydrogen-bond donors (Lipinski definition) is 2. The van der Waals surface area contributed by atoms with Crippen LogP contribution in [0.5, 0.6) is 0 Å². The Morgan fingerprint density at radius 2 is 1.43 bits per heavy atom. The molecule has 2 N–H and O–H groups in total. The lowest BCUT2D eigenvalue weighted by Crippen LogP contribution is -2.30. The molecule has 0 radical (unpaired) electrons. The Morgan fingerprint density at radius 3 is 2.07 bits per heavy atom. The predicted octanol–water partition coefficient (Wildman–Crippen LogP) is 7.61. The molecule has 178 valence electrons. The van der Waals surface area contributed by atoms with Crippen molar-refractivity contribution in [2.45, 2.75) is 137 Å². The second kappa shape index (κ2) is 12.2. The lowest BCUT2D eigenvalue weighted by Gasteiger charge is -2.37. The highest BCUT2D eigenvalue weighted by Gasteiger charge is 2.31. The third kappa shape index (κ3) is 8.45. The van der Waals surface area contributed by atoms with Crippen LogP contribution in [0.3, 0.4) is 0 Å². The van der Waals surface area contributed by atoms with Crippen LogP contribution >= 0.6 is 0 Å². The molecule has 2 nitrogen and oxygen atoms in total. The standard InChI is InChI=1S/C28H54O2/c1-20(2)25-10-8-7-9-24(25)19-22(4)26(29)15-17-28(5,6)18-16-27(30)23-13-11-21(3)12-14-23/h20-27,29-30H,7-19H2,1-6H3/t21?,22-,23?,24?,25?,26?,27?/m1/s1. The third-order valence-corrected chi connectivity index (χ3v) is 8.99. The zero-order valence-electron chi connectivity index (χ0n) is 21.2. The highest BCUT2D eigenvalue weighted by atomic mass is 16.3. The Morgan fingerprint density at radius 1 is 0.833 bits per heavy atom. The van der Waals surface area contributed by atoms with Crippen LogP contribution < -0.4 is 0 Å². The van der Waals surface area contributed by atoms with E-state index in [4.69, 9.17) is 0 Å². The van der Waals surface area contributed by atoms with Crippen molar-refractivity contribution in [3.05, 3.63) is 0 Å². The van der Waals surface area contributed by atoms with Gasteiger partial charge < -0.3 is 10.2 Å². The minimum absolute atomic E-state index is 0.125. The first-order chi connectivity index (χ1) is 14.1. The van der Waals surface area contributed by atoms with E-state index < -0.39 is 0 Å². The summed E-state index contributed by atoms with van der Waals surface area (Å²) < 4.78 is 0. The Hall–Kier alpha value is -0.0800. The van der Waals surface area contributed by atoms with Gasteiger partial charge in [0.2, 0.25) is 0 Å². The van der Waals surface area contributed by atoms with Crippen LogP contribution in [-0.4, -0.2) is 22.4 Å². The minimum atomic E-state index is -0.177. The summed E-state index contributed by atoms with van der Waals surface area (Å²) in [5.74, 6) is 4.21. The molecule has 0 saturated heterocycles. The lowest BCUT2D eigenvalue weighted by atomic mass is 9.69. The van der Waals surface area contributed by atoms with Crippen LogP contribution in [0.15, 0.2) is 0 Å². The first-order valence-corrected chi connectivity index (χ1v) is 13.4. The molecule has 2 aliphatic rings. The monoisotopic (exact) mass is 422 g/mol. The minimum Gasteiger partial charge on any atom is -0.393 e. The molecule has 0 aliphatic heterocycles. The first-order valence-electron chi connectivity index (χ1n) is 13.4. The summed E-state index contributed by atoms with van der Waals surface area (Å²) in [5, 5.41) is 21.6. The molecule has 30 heavy (non-hydrogen) atoms. The van der Waals surface area contributed by atoms with E-state index in [1.54, 1.807) is 0 Å². The van der Waals surface area contributed by atoms with E-state index >= 15 is 0 Å². The van der Waals surface area contributed by atoms with Gasteiger partial charge in [-0.3, -0.25) is 0 Å². The average Bonchev–Trinajstić information content (AvgIpc) is 2.71. The summed E-state index contributed by atoms with van der Waals surface area (Å²) in [6, 6.07) is 0. The maximum atomic E-state index is 10.9. The van der Waals surface area contributed by atoms with Crippen LogP contribution in [0, 0.1) is 40.9 Å². The van der Waals surface area contributed by atoms with Crippen molar-refractivity contribution in [3.8, 4) is 0 Å². The van der Waals surface area contributed by atoms with E-state index in [2.05, 4.69) is 41.5 Å². The SMILES string of the molecule is CC1CCC(C(O)CCC(C)(C)CCC(O)[C@H](C)CC2CCCCC2C(C)C)CC1. The molecule has 0 amide bonds. The van der Waals surface area contributed by atoms with E-state index in [1.807, 2.05) is 0 Å². The third-order valence-electron chi connectivity index (χ3n) is 8.99. The Labute approximate surface area is 188 Å². The van der Waals surface area contributed by atoms with E-state index in [0.717, 1.165) is 49.4 Å². The van der Waals surface area contributed by atoms with E-state index in [-0.39, 0.29) is 17.6 Å². The quantitative estimate of drug-likeness (QED) is 0.359. The molecule has 2 heteroatoms. The van der Waals surface area contributed by atoms with Gasteiger partial charge in [-0.15, -0.1) is 0 Å². The Bertz CT molecular complexity index is 463. The molecule has 0 heterocycles. The molecule has 2 saturated carbocycles. The van der Waals surface area contributed by atoms with Crippen molar-refractivity contribution in [1.82, 2.24) is 0 Å². The van der Waals surface area contributed by atoms with E-state index in [9.17, 15) is 10.2 Å². The number of aliphatic hydroxyl groups is 2. The topological polar surface area (TPSA) is 40.5 Å². The summed E-state index contributed by atoms with van der Waals surface area (Å²) in [6.45, 7) is 14.0. The smallest absolute Gasteiger partial charge is 0.0568 e. The van der Waals surface area contributed by atoms with Crippen molar-refractivity contribution in [2.24, 2.45) is 40.9 Å². The number of hydrogen-bond acceptors (Lipinski definition) is 2. The van der Waals surface area contributed by atoms with Crippen molar-refractivity contribution in [2.75, 3.05) is 0 Å². The average molecular weight is 423 g/mol. The van der Waals surface area contributed by atoms with Crippen LogP contribution in [0.4, 0.5) is 0 Å². The fourth-order valence-corrected chi connectivity index (χ4v) is 6.43. The summed E-state index contributed by atoms with van der Waals surface area (Å²) in [4.78, 5) is 0. The molecule has 0 aromatic heterocycles. The van der Waals surface area contributed by atoms with Gasteiger partial charge in [-0.1, -0.05) is 73.6 Å². The molecule has 5 atom stereocenters.